The predicted molar refractivity (Wildman–Crippen MR) is 194 cm³/mol. The van der Waals surface area contributed by atoms with Crippen LogP contribution in [0.4, 0.5) is 8.78 Å². The molecule has 1 saturated heterocycles. The average molecular weight is 762 g/mol. The van der Waals surface area contributed by atoms with Crippen LogP contribution in [0, 0.1) is 17.3 Å². The highest BCUT2D eigenvalue weighted by atomic mass is 35.5. The first-order valence-corrected chi connectivity index (χ1v) is 18.2. The number of fused-ring (bicyclic) bond motifs is 1. The van der Waals surface area contributed by atoms with Gasteiger partial charge in [-0.05, 0) is 61.9 Å². The topological polar surface area (TPSA) is 150 Å². The number of esters is 1. The Kier molecular flexibility index (Phi) is 12.6. The highest BCUT2D eigenvalue weighted by Crippen LogP contribution is 2.47. The Morgan fingerprint density at radius 1 is 1.13 bits per heavy atom. The molecule has 3 unspecified atom stereocenters. The smallest absolute Gasteiger partial charge is 0.312 e. The number of alkyl halides is 2. The Morgan fingerprint density at radius 2 is 1.89 bits per heavy atom. The number of nitrogens with two attached hydrogens (primary N) is 2. The maximum Gasteiger partial charge on any atom is 0.312 e. The second-order valence-electron chi connectivity index (χ2n) is 14.4. The molecule has 2 heterocycles. The van der Waals surface area contributed by atoms with Crippen molar-refractivity contribution >= 4 is 29.4 Å². The van der Waals surface area contributed by atoms with Crippen LogP contribution in [0.1, 0.15) is 68.7 Å². The number of benzene rings is 2. The zero-order valence-corrected chi connectivity index (χ0v) is 31.7. The normalized spacial score (nSPS) is 23.4. The molecule has 4 N–H and O–H groups in total. The molecule has 0 bridgehead atoms. The summed E-state index contributed by atoms with van der Waals surface area (Å²) in [7, 11) is 4.33. The number of hydrogen-bond acceptors (Lipinski definition) is 10. The number of carbonyl (C=O) groups is 3. The summed E-state index contributed by atoms with van der Waals surface area (Å²) in [6.07, 6.45) is 0.213. The minimum Gasteiger partial charge on any atom is -0.497 e. The number of methoxy groups -OCH3 is 2. The van der Waals surface area contributed by atoms with Crippen molar-refractivity contribution in [2.45, 2.75) is 71.4 Å². The van der Waals surface area contributed by atoms with E-state index in [1.165, 1.54) is 14.2 Å². The van der Waals surface area contributed by atoms with Gasteiger partial charge in [-0.25, -0.2) is 14.6 Å². The number of ether oxygens (including phenoxy) is 4. The van der Waals surface area contributed by atoms with Crippen molar-refractivity contribution in [1.82, 2.24) is 14.8 Å². The quantitative estimate of drug-likeness (QED) is 0.158. The van der Waals surface area contributed by atoms with Crippen molar-refractivity contribution in [3.05, 3.63) is 63.4 Å². The summed E-state index contributed by atoms with van der Waals surface area (Å²) in [6.45, 7) is 4.24. The number of likely N-dealkylation sites (tertiary alicyclic amines) is 1. The van der Waals surface area contributed by atoms with Crippen LogP contribution in [0.3, 0.4) is 0 Å². The summed E-state index contributed by atoms with van der Waals surface area (Å²) in [5, 5.41) is 1.20. The van der Waals surface area contributed by atoms with Gasteiger partial charge in [-0.3, -0.25) is 14.4 Å². The molecule has 1 aliphatic carbocycles. The van der Waals surface area contributed by atoms with E-state index in [1.807, 2.05) is 6.92 Å². The lowest BCUT2D eigenvalue weighted by Crippen LogP contribution is -2.53. The van der Waals surface area contributed by atoms with E-state index in [1.54, 1.807) is 54.2 Å². The molecule has 2 aromatic carbocycles. The van der Waals surface area contributed by atoms with Gasteiger partial charge < -0.3 is 39.5 Å². The van der Waals surface area contributed by atoms with Crippen LogP contribution in [0.2, 0.25) is 5.02 Å². The maximum absolute atomic E-state index is 14.9. The van der Waals surface area contributed by atoms with Crippen LogP contribution in [-0.2, 0) is 32.1 Å². The van der Waals surface area contributed by atoms with Gasteiger partial charge in [0, 0.05) is 55.3 Å². The highest BCUT2D eigenvalue weighted by molar-refractivity contribution is 6.31. The lowest BCUT2D eigenvalue weighted by Gasteiger charge is -2.45. The fourth-order valence-corrected chi connectivity index (χ4v) is 8.18. The summed E-state index contributed by atoms with van der Waals surface area (Å²) in [6, 6.07) is 7.79. The fraction of sp³-hybridized carbons (Fsp3) is 0.553. The van der Waals surface area contributed by atoms with Crippen molar-refractivity contribution in [2.24, 2.45) is 28.8 Å². The molecule has 0 spiro atoms. The maximum atomic E-state index is 14.9. The van der Waals surface area contributed by atoms with Gasteiger partial charge in [0.05, 0.1) is 37.3 Å². The van der Waals surface area contributed by atoms with Crippen LogP contribution >= 0.6 is 11.6 Å². The summed E-state index contributed by atoms with van der Waals surface area (Å²) >= 11 is 6.76. The van der Waals surface area contributed by atoms with Crippen LogP contribution < -0.4 is 25.8 Å². The molecular weight excluding hydrogens is 712 g/mol. The minimum absolute atomic E-state index is 0.0405. The standard InChI is InChI=1S/C38H50ClF2N5O7/c1-22-16-32(47)45(18-22)19-29-33-25(27(39)11-12-30(33)52-21-28(42)34(35(40)41)44(3)43)13-15-46(29)36(48)26-8-6-7-14-38(26,2)37(49)53-20-23-9-10-24(50-4)17-31(23)51-5/h9-12,17,22,26,29,35H,6-8,13-16,18-21,42-43H2,1-5H3/b34-28-/t22?,26?,29?,38-/m0/s1. The lowest BCUT2D eigenvalue weighted by atomic mass is 9.66. The van der Waals surface area contributed by atoms with Gasteiger partial charge in [-0.1, -0.05) is 31.4 Å². The van der Waals surface area contributed by atoms with E-state index in [0.717, 1.165) is 23.4 Å². The van der Waals surface area contributed by atoms with Crippen molar-refractivity contribution in [2.75, 3.05) is 47.5 Å². The zero-order valence-electron chi connectivity index (χ0n) is 31.0. The third kappa shape index (κ3) is 8.43. The number of hydrazine groups is 1. The van der Waals surface area contributed by atoms with E-state index in [9.17, 15) is 23.2 Å². The Balaban J connectivity index is 1.48. The molecule has 53 heavy (non-hydrogen) atoms. The van der Waals surface area contributed by atoms with Gasteiger partial charge in [-0.15, -0.1) is 0 Å². The average Bonchev–Trinajstić information content (AvgIpc) is 3.45. The second-order valence-corrected chi connectivity index (χ2v) is 14.8. The van der Waals surface area contributed by atoms with E-state index in [0.29, 0.717) is 65.6 Å². The molecule has 2 fully saturated rings. The van der Waals surface area contributed by atoms with Crippen molar-refractivity contribution in [1.29, 1.82) is 0 Å². The fourth-order valence-electron chi connectivity index (χ4n) is 7.92. The molecular formula is C38H50ClF2N5O7. The first-order chi connectivity index (χ1) is 25.2. The second kappa shape index (κ2) is 16.8. The molecule has 0 radical (unpaired) electrons. The van der Waals surface area contributed by atoms with Gasteiger partial charge in [0.2, 0.25) is 11.8 Å². The van der Waals surface area contributed by atoms with E-state index in [2.05, 4.69) is 0 Å². The molecule has 4 atom stereocenters. The summed E-state index contributed by atoms with van der Waals surface area (Å²) in [5.74, 6) is 5.67. The highest BCUT2D eigenvalue weighted by Gasteiger charge is 2.51. The van der Waals surface area contributed by atoms with Gasteiger partial charge >= 0.3 is 5.97 Å². The molecule has 15 heteroatoms. The third-order valence-corrected chi connectivity index (χ3v) is 11.1. The van der Waals surface area contributed by atoms with E-state index < -0.39 is 42.1 Å². The molecule has 0 aromatic heterocycles. The minimum atomic E-state index is -2.94. The first kappa shape index (κ1) is 39.9. The van der Waals surface area contributed by atoms with Crippen molar-refractivity contribution in [3.63, 3.8) is 0 Å². The van der Waals surface area contributed by atoms with Gasteiger partial charge in [-0.2, -0.15) is 0 Å². The zero-order chi connectivity index (χ0) is 38.6. The van der Waals surface area contributed by atoms with Crippen LogP contribution in [-0.4, -0.2) is 86.5 Å². The lowest BCUT2D eigenvalue weighted by molar-refractivity contribution is -0.169. The number of amides is 2. The Hall–Kier alpha value is -4.30. The van der Waals surface area contributed by atoms with Crippen LogP contribution in [0.15, 0.2) is 41.7 Å². The Labute approximate surface area is 314 Å². The number of carbonyl (C=O) groups excluding carboxylic acids is 3. The SMILES string of the molecule is COc1ccc(COC(=O)[C@@]2(C)CCCCC2C(=O)N2CCc3c(Cl)ccc(OC/C(N)=C(\C(F)F)N(C)N)c3C2CN2CC(C)CC2=O)c(OC)c1. The number of hydrogen-bond donors (Lipinski definition) is 2. The molecule has 2 amide bonds. The molecule has 12 nitrogen and oxygen atoms in total. The Morgan fingerprint density at radius 3 is 2.53 bits per heavy atom. The monoisotopic (exact) mass is 761 g/mol. The van der Waals surface area contributed by atoms with Crippen molar-refractivity contribution < 1.29 is 42.1 Å². The van der Waals surface area contributed by atoms with Gasteiger partial charge in [0.25, 0.3) is 6.43 Å². The largest absolute Gasteiger partial charge is 0.497 e. The molecule has 2 aromatic rings. The molecule has 5 rings (SSSR count). The number of allylic oxidation sites excluding steroid dienone is 1. The Bertz CT molecular complexity index is 1720. The van der Waals surface area contributed by atoms with Gasteiger partial charge in [0.15, 0.2) is 0 Å². The molecule has 1 saturated carbocycles. The van der Waals surface area contributed by atoms with E-state index >= 15 is 0 Å². The molecule has 3 aliphatic rings. The van der Waals surface area contributed by atoms with Crippen LogP contribution in [0.25, 0.3) is 0 Å². The number of rotatable bonds is 13. The summed E-state index contributed by atoms with van der Waals surface area (Å²) in [5.41, 5.74) is 6.03. The first-order valence-electron chi connectivity index (χ1n) is 17.9. The van der Waals surface area contributed by atoms with Crippen molar-refractivity contribution in [3.8, 4) is 17.2 Å². The van der Waals surface area contributed by atoms with Gasteiger partial charge in [0.1, 0.15) is 36.2 Å². The molecule has 2 aliphatic heterocycles. The summed E-state index contributed by atoms with van der Waals surface area (Å²) < 4.78 is 50.4. The number of nitrogens with zero attached hydrogens (tertiary/aromatic N) is 3. The molecule has 290 valence electrons. The predicted octanol–water partition coefficient (Wildman–Crippen LogP) is 5.21. The number of halogens is 3. The third-order valence-electron chi connectivity index (χ3n) is 10.8. The van der Waals surface area contributed by atoms with E-state index in [4.69, 9.17) is 42.1 Å². The van der Waals surface area contributed by atoms with Crippen LogP contribution in [0.5, 0.6) is 17.2 Å². The van der Waals surface area contributed by atoms with E-state index in [-0.39, 0.29) is 43.1 Å². The summed E-state index contributed by atoms with van der Waals surface area (Å²) in [4.78, 5) is 45.6.